The second-order valence-electron chi connectivity index (χ2n) is 6.66. The average Bonchev–Trinajstić information content (AvgIpc) is 3.29. The number of fused-ring (bicyclic) bond motifs is 1. The smallest absolute Gasteiger partial charge is 0.326 e. The number of amides is 1. The Morgan fingerprint density at radius 1 is 1.24 bits per heavy atom. The Bertz CT molecular complexity index is 791. The van der Waals surface area contributed by atoms with Crippen molar-refractivity contribution < 1.29 is 14.7 Å². The lowest BCUT2D eigenvalue weighted by Crippen LogP contribution is -2.46. The van der Waals surface area contributed by atoms with Crippen molar-refractivity contribution in [3.8, 4) is 5.82 Å². The molecule has 3 unspecified atom stereocenters. The summed E-state index contributed by atoms with van der Waals surface area (Å²) in [5.74, 6) is -0.399. The number of carbonyl (C=O) groups excluding carboxylic acids is 1. The van der Waals surface area contributed by atoms with E-state index >= 15 is 0 Å². The number of rotatable bonds is 3. The van der Waals surface area contributed by atoms with Gasteiger partial charge in [-0.15, -0.1) is 0 Å². The van der Waals surface area contributed by atoms with Crippen molar-refractivity contribution in [1.29, 1.82) is 0 Å². The Hall–Kier alpha value is -2.77. The van der Waals surface area contributed by atoms with Gasteiger partial charge in [0.1, 0.15) is 18.7 Å². The third-order valence-corrected chi connectivity index (χ3v) is 5.25. The molecule has 0 radical (unpaired) electrons. The highest BCUT2D eigenvalue weighted by molar-refractivity contribution is 5.97. The van der Waals surface area contributed by atoms with Crippen molar-refractivity contribution in [3.63, 3.8) is 0 Å². The third-order valence-electron chi connectivity index (χ3n) is 5.25. The summed E-state index contributed by atoms with van der Waals surface area (Å²) in [6, 6.07) is 2.53. The van der Waals surface area contributed by atoms with E-state index in [4.69, 9.17) is 0 Å². The van der Waals surface area contributed by atoms with E-state index in [1.54, 1.807) is 17.0 Å². The lowest BCUT2D eigenvalue weighted by molar-refractivity contribution is -0.141. The summed E-state index contributed by atoms with van der Waals surface area (Å²) in [4.78, 5) is 34.5. The number of hydrogen-bond acceptors (Lipinski definition) is 5. The minimum Gasteiger partial charge on any atom is -0.480 e. The van der Waals surface area contributed by atoms with Crippen LogP contribution >= 0.6 is 0 Å². The van der Waals surface area contributed by atoms with Gasteiger partial charge in [-0.2, -0.15) is 5.10 Å². The molecule has 25 heavy (non-hydrogen) atoms. The molecular weight excluding hydrogens is 322 g/mol. The topological polar surface area (TPSA) is 101 Å². The molecule has 0 aromatic carbocycles. The van der Waals surface area contributed by atoms with E-state index in [0.29, 0.717) is 17.8 Å². The van der Waals surface area contributed by atoms with Gasteiger partial charge in [-0.25, -0.2) is 19.4 Å². The van der Waals surface area contributed by atoms with Crippen molar-refractivity contribution in [2.24, 2.45) is 5.92 Å². The minimum atomic E-state index is -0.923. The second kappa shape index (κ2) is 6.27. The molecule has 8 nitrogen and oxygen atoms in total. The van der Waals surface area contributed by atoms with Crippen molar-refractivity contribution in [3.05, 3.63) is 36.5 Å². The molecule has 3 heterocycles. The molecule has 2 aromatic heterocycles. The minimum absolute atomic E-state index is 0.0188. The van der Waals surface area contributed by atoms with E-state index in [2.05, 4.69) is 15.1 Å². The zero-order valence-electron chi connectivity index (χ0n) is 13.7. The highest BCUT2D eigenvalue weighted by Crippen LogP contribution is 2.40. The first kappa shape index (κ1) is 15.7. The van der Waals surface area contributed by atoms with E-state index in [1.165, 1.54) is 23.5 Å². The number of aromatic nitrogens is 4. The fourth-order valence-corrected chi connectivity index (χ4v) is 4.12. The molecule has 2 fully saturated rings. The van der Waals surface area contributed by atoms with Crippen molar-refractivity contribution in [2.45, 2.75) is 44.2 Å². The van der Waals surface area contributed by atoms with E-state index < -0.39 is 12.0 Å². The van der Waals surface area contributed by atoms with Crippen molar-refractivity contribution >= 4 is 11.9 Å². The van der Waals surface area contributed by atoms with E-state index in [1.807, 2.05) is 0 Å². The van der Waals surface area contributed by atoms with Gasteiger partial charge in [0.2, 0.25) is 0 Å². The number of carboxylic acids is 1. The van der Waals surface area contributed by atoms with Crippen LogP contribution in [0.2, 0.25) is 0 Å². The highest BCUT2D eigenvalue weighted by Gasteiger charge is 2.47. The van der Waals surface area contributed by atoms with E-state index in [-0.39, 0.29) is 17.9 Å². The van der Waals surface area contributed by atoms with E-state index in [0.717, 1.165) is 25.7 Å². The molecule has 1 saturated heterocycles. The largest absolute Gasteiger partial charge is 0.480 e. The lowest BCUT2D eigenvalue weighted by atomic mass is 9.84. The van der Waals surface area contributed by atoms with Gasteiger partial charge in [0.05, 0.1) is 0 Å². The Labute approximate surface area is 144 Å². The van der Waals surface area contributed by atoms with Gasteiger partial charge in [0, 0.05) is 17.8 Å². The summed E-state index contributed by atoms with van der Waals surface area (Å²) >= 11 is 0. The van der Waals surface area contributed by atoms with Crippen LogP contribution in [0.25, 0.3) is 5.82 Å². The summed E-state index contributed by atoms with van der Waals surface area (Å²) in [6.07, 6.45) is 9.01. The molecule has 4 rings (SSSR count). The number of aliphatic carboxylic acids is 1. The first-order valence-corrected chi connectivity index (χ1v) is 8.51. The standard InChI is InChI=1S/C17H19N5O3/c23-16(12-5-6-19-15(8-12)21-10-18-9-20-21)22-13-4-2-1-3-11(13)7-14(22)17(24)25/h5-6,8-11,13-14H,1-4,7H2,(H,24,25). The Kier molecular flexibility index (Phi) is 3.95. The van der Waals surface area contributed by atoms with Crippen LogP contribution in [0, 0.1) is 5.92 Å². The summed E-state index contributed by atoms with van der Waals surface area (Å²) in [5, 5.41) is 13.6. The first-order chi connectivity index (χ1) is 12.1. The fraction of sp³-hybridized carbons (Fsp3) is 0.471. The van der Waals surface area contributed by atoms with Crippen LogP contribution in [0.5, 0.6) is 0 Å². The number of carboxylic acid groups (broad SMARTS) is 1. The predicted molar refractivity (Wildman–Crippen MR) is 87.1 cm³/mol. The van der Waals surface area contributed by atoms with Crippen molar-refractivity contribution in [1.82, 2.24) is 24.6 Å². The maximum absolute atomic E-state index is 13.1. The van der Waals surface area contributed by atoms with Crippen molar-refractivity contribution in [2.75, 3.05) is 0 Å². The van der Waals surface area contributed by atoms with Crippen LogP contribution in [-0.2, 0) is 4.79 Å². The first-order valence-electron chi connectivity index (χ1n) is 8.51. The molecule has 130 valence electrons. The predicted octanol–water partition coefficient (Wildman–Crippen LogP) is 1.52. The van der Waals surface area contributed by atoms with Crippen LogP contribution < -0.4 is 0 Å². The quantitative estimate of drug-likeness (QED) is 0.908. The zero-order chi connectivity index (χ0) is 17.4. The summed E-state index contributed by atoms with van der Waals surface area (Å²) in [5.41, 5.74) is 0.429. The lowest BCUT2D eigenvalue weighted by Gasteiger charge is -2.33. The van der Waals surface area contributed by atoms with Gasteiger partial charge in [-0.3, -0.25) is 4.79 Å². The molecule has 1 N–H and O–H groups in total. The van der Waals surface area contributed by atoms with Gasteiger partial charge in [-0.1, -0.05) is 12.8 Å². The Morgan fingerprint density at radius 2 is 2.08 bits per heavy atom. The number of nitrogens with zero attached hydrogens (tertiary/aromatic N) is 5. The number of likely N-dealkylation sites (tertiary alicyclic amines) is 1. The monoisotopic (exact) mass is 341 g/mol. The molecule has 1 amide bonds. The molecular formula is C17H19N5O3. The van der Waals surface area contributed by atoms with E-state index in [9.17, 15) is 14.7 Å². The highest BCUT2D eigenvalue weighted by atomic mass is 16.4. The molecule has 8 heteroatoms. The molecule has 3 atom stereocenters. The maximum atomic E-state index is 13.1. The number of hydrogen-bond donors (Lipinski definition) is 1. The molecule has 1 aliphatic carbocycles. The van der Waals surface area contributed by atoms with Crippen LogP contribution in [-0.4, -0.2) is 53.7 Å². The summed E-state index contributed by atoms with van der Waals surface area (Å²) in [6.45, 7) is 0. The molecule has 2 aliphatic rings. The normalized spacial score (nSPS) is 25.6. The van der Waals surface area contributed by atoms with Gasteiger partial charge >= 0.3 is 5.97 Å². The second-order valence-corrected chi connectivity index (χ2v) is 6.66. The van der Waals surface area contributed by atoms with Gasteiger partial charge < -0.3 is 10.0 Å². The molecule has 0 spiro atoms. The van der Waals surface area contributed by atoms with Crippen LogP contribution in [0.1, 0.15) is 42.5 Å². The Morgan fingerprint density at radius 3 is 2.84 bits per heavy atom. The SMILES string of the molecule is O=C(O)C1CC2CCCCC2N1C(=O)c1ccnc(-n2cncn2)c1. The average molecular weight is 341 g/mol. The summed E-state index contributed by atoms with van der Waals surface area (Å²) in [7, 11) is 0. The molecule has 1 aliphatic heterocycles. The molecule has 0 bridgehead atoms. The number of pyridine rings is 1. The number of carbonyl (C=O) groups is 2. The van der Waals surface area contributed by atoms with Crippen LogP contribution in [0.4, 0.5) is 0 Å². The maximum Gasteiger partial charge on any atom is 0.326 e. The fourth-order valence-electron chi connectivity index (χ4n) is 4.12. The van der Waals surface area contributed by atoms with Gasteiger partial charge in [0.25, 0.3) is 5.91 Å². The van der Waals surface area contributed by atoms with Crippen LogP contribution in [0.3, 0.4) is 0 Å². The Balaban J connectivity index is 1.67. The molecule has 1 saturated carbocycles. The third kappa shape index (κ3) is 2.77. The summed E-state index contributed by atoms with van der Waals surface area (Å²) < 4.78 is 1.47. The van der Waals surface area contributed by atoms with Crippen LogP contribution in [0.15, 0.2) is 31.0 Å². The zero-order valence-corrected chi connectivity index (χ0v) is 13.7. The molecule has 2 aromatic rings. The van der Waals surface area contributed by atoms with Gasteiger partial charge in [-0.05, 0) is 37.3 Å². The van der Waals surface area contributed by atoms with Gasteiger partial charge in [0.15, 0.2) is 5.82 Å².